The molecular weight excluding hydrogens is 354 g/mol. The molecule has 25 heavy (non-hydrogen) atoms. The molecule has 3 aromatic rings. The molecule has 0 bridgehead atoms. The molecule has 1 saturated carbocycles. The predicted molar refractivity (Wildman–Crippen MR) is 98.6 cm³/mol. The Morgan fingerprint density at radius 1 is 1.16 bits per heavy atom. The SMILES string of the molecule is Cc1cn(-c2ccc(S(=O)(=O)N[C@H]3[C@H](C)[C@@H]3c3ccccc3)s2)cn1. The van der Waals surface area contributed by atoms with Gasteiger partial charge in [-0.3, -0.25) is 4.57 Å². The fraction of sp³-hybridized carbons (Fsp3) is 0.278. The van der Waals surface area contributed by atoms with Crippen molar-refractivity contribution >= 4 is 21.4 Å². The Morgan fingerprint density at radius 2 is 1.92 bits per heavy atom. The van der Waals surface area contributed by atoms with Gasteiger partial charge in [-0.2, -0.15) is 0 Å². The average Bonchev–Trinajstić information content (AvgIpc) is 3.02. The lowest BCUT2D eigenvalue weighted by atomic mass is 10.1. The third-order valence-electron chi connectivity index (χ3n) is 4.65. The molecule has 1 aliphatic carbocycles. The average molecular weight is 374 g/mol. The van der Waals surface area contributed by atoms with Crippen molar-refractivity contribution < 1.29 is 8.42 Å². The summed E-state index contributed by atoms with van der Waals surface area (Å²) in [5.41, 5.74) is 2.08. The van der Waals surface area contributed by atoms with Crippen LogP contribution in [0.15, 0.2) is 59.2 Å². The molecule has 0 spiro atoms. The van der Waals surface area contributed by atoms with Crippen molar-refractivity contribution in [3.8, 4) is 5.00 Å². The summed E-state index contributed by atoms with van der Waals surface area (Å²) in [6, 6.07) is 13.5. The molecule has 130 valence electrons. The third-order valence-corrected chi connectivity index (χ3v) is 7.70. The number of nitrogens with one attached hydrogen (secondary N) is 1. The number of benzene rings is 1. The van der Waals surface area contributed by atoms with Crippen LogP contribution in [-0.4, -0.2) is 24.0 Å². The van der Waals surface area contributed by atoms with E-state index in [-0.39, 0.29) is 12.0 Å². The van der Waals surface area contributed by atoms with E-state index in [1.54, 1.807) is 12.4 Å². The molecule has 3 atom stereocenters. The number of sulfonamides is 1. The van der Waals surface area contributed by atoms with Gasteiger partial charge in [0.05, 0.1) is 5.69 Å². The molecule has 1 fully saturated rings. The van der Waals surface area contributed by atoms with Gasteiger partial charge in [-0.25, -0.2) is 18.1 Å². The first-order chi connectivity index (χ1) is 12.0. The molecule has 1 aromatic carbocycles. The van der Waals surface area contributed by atoms with E-state index in [1.165, 1.54) is 16.9 Å². The molecular formula is C18H19N3O2S2. The van der Waals surface area contributed by atoms with E-state index >= 15 is 0 Å². The second kappa shape index (κ2) is 6.09. The minimum absolute atomic E-state index is 0.0477. The number of aryl methyl sites for hydroxylation is 1. The molecule has 0 saturated heterocycles. The van der Waals surface area contributed by atoms with Crippen LogP contribution in [0.25, 0.3) is 5.00 Å². The Hall–Kier alpha value is -1.96. The number of nitrogens with zero attached hydrogens (tertiary/aromatic N) is 2. The van der Waals surface area contributed by atoms with E-state index in [0.717, 1.165) is 10.7 Å². The first-order valence-corrected chi connectivity index (χ1v) is 10.4. The zero-order chi connectivity index (χ0) is 17.6. The van der Waals surface area contributed by atoms with Gasteiger partial charge in [0.15, 0.2) is 0 Å². The van der Waals surface area contributed by atoms with Gasteiger partial charge in [0.1, 0.15) is 15.5 Å². The first-order valence-electron chi connectivity index (χ1n) is 8.14. The van der Waals surface area contributed by atoms with Gasteiger partial charge < -0.3 is 0 Å². The Morgan fingerprint density at radius 3 is 2.60 bits per heavy atom. The molecule has 1 aliphatic rings. The summed E-state index contributed by atoms with van der Waals surface area (Å²) >= 11 is 1.25. The molecule has 0 aliphatic heterocycles. The van der Waals surface area contributed by atoms with Gasteiger partial charge in [-0.1, -0.05) is 37.3 Å². The number of hydrogen-bond donors (Lipinski definition) is 1. The summed E-state index contributed by atoms with van der Waals surface area (Å²) in [4.78, 5) is 4.18. The Bertz CT molecular complexity index is 992. The van der Waals surface area contributed by atoms with Crippen molar-refractivity contribution in [2.45, 2.75) is 30.0 Å². The third kappa shape index (κ3) is 3.15. The normalized spacial score (nSPS) is 22.9. The van der Waals surface area contributed by atoms with Gasteiger partial charge in [0.2, 0.25) is 10.0 Å². The standard InChI is InChI=1S/C18H19N3O2S2/c1-12-10-21(11-19-12)15-8-9-16(24-15)25(22,23)20-18-13(2)17(18)14-6-4-3-5-7-14/h3-11,13,17-18,20H,1-2H3/t13-,17-,18+/m1/s1. The molecule has 1 N–H and O–H groups in total. The van der Waals surface area contributed by atoms with Crippen molar-refractivity contribution in [1.82, 2.24) is 14.3 Å². The molecule has 5 nitrogen and oxygen atoms in total. The maximum absolute atomic E-state index is 12.7. The molecule has 0 radical (unpaired) electrons. The highest BCUT2D eigenvalue weighted by Gasteiger charge is 2.49. The molecule has 2 heterocycles. The first kappa shape index (κ1) is 16.5. The zero-order valence-electron chi connectivity index (χ0n) is 14.0. The number of aromatic nitrogens is 2. The van der Waals surface area contributed by atoms with Crippen molar-refractivity contribution in [3.63, 3.8) is 0 Å². The fourth-order valence-electron chi connectivity index (χ4n) is 3.20. The van der Waals surface area contributed by atoms with Crippen LogP contribution in [0.5, 0.6) is 0 Å². The van der Waals surface area contributed by atoms with Crippen molar-refractivity contribution in [3.05, 3.63) is 66.2 Å². The van der Waals surface area contributed by atoms with Crippen LogP contribution in [0.2, 0.25) is 0 Å². The highest BCUT2D eigenvalue weighted by Crippen LogP contribution is 2.48. The van der Waals surface area contributed by atoms with Crippen molar-refractivity contribution in [2.24, 2.45) is 5.92 Å². The second-order valence-corrected chi connectivity index (χ2v) is 9.46. The molecule has 7 heteroatoms. The van der Waals surface area contributed by atoms with Gasteiger partial charge in [0.25, 0.3) is 0 Å². The van der Waals surface area contributed by atoms with E-state index in [9.17, 15) is 8.42 Å². The van der Waals surface area contributed by atoms with Crippen LogP contribution in [-0.2, 0) is 10.0 Å². The van der Waals surface area contributed by atoms with Crippen molar-refractivity contribution in [2.75, 3.05) is 0 Å². The molecule has 4 rings (SSSR count). The monoisotopic (exact) mass is 373 g/mol. The minimum Gasteiger partial charge on any atom is -0.297 e. The predicted octanol–water partition coefficient (Wildman–Crippen LogP) is 3.32. The highest BCUT2D eigenvalue weighted by atomic mass is 32.2. The van der Waals surface area contributed by atoms with Crippen LogP contribution in [0, 0.1) is 12.8 Å². The summed E-state index contributed by atoms with van der Waals surface area (Å²) < 4.78 is 30.5. The second-order valence-electron chi connectivity index (χ2n) is 6.46. The zero-order valence-corrected chi connectivity index (χ0v) is 15.6. The maximum Gasteiger partial charge on any atom is 0.250 e. The fourth-order valence-corrected chi connectivity index (χ4v) is 5.81. The van der Waals surface area contributed by atoms with Crippen LogP contribution in [0.1, 0.15) is 24.1 Å². The number of thiophene rings is 1. The number of imidazole rings is 1. The lowest BCUT2D eigenvalue weighted by molar-refractivity contribution is 0.580. The quantitative estimate of drug-likeness (QED) is 0.746. The Balaban J connectivity index is 1.52. The highest BCUT2D eigenvalue weighted by molar-refractivity contribution is 7.91. The lowest BCUT2D eigenvalue weighted by Crippen LogP contribution is -2.27. The van der Waals surface area contributed by atoms with Gasteiger partial charge in [0, 0.05) is 18.2 Å². The number of hydrogen-bond acceptors (Lipinski definition) is 4. The van der Waals surface area contributed by atoms with E-state index in [1.807, 2.05) is 42.0 Å². The minimum atomic E-state index is -3.52. The van der Waals surface area contributed by atoms with Gasteiger partial charge >= 0.3 is 0 Å². The van der Waals surface area contributed by atoms with E-state index in [0.29, 0.717) is 10.1 Å². The topological polar surface area (TPSA) is 64.0 Å². The Labute approximate surface area is 151 Å². The van der Waals surface area contributed by atoms with Gasteiger partial charge in [-0.15, -0.1) is 11.3 Å². The summed E-state index contributed by atoms with van der Waals surface area (Å²) in [6.45, 7) is 3.99. The number of rotatable bonds is 5. The Kier molecular flexibility index (Phi) is 4.02. The van der Waals surface area contributed by atoms with E-state index < -0.39 is 10.0 Å². The summed E-state index contributed by atoms with van der Waals surface area (Å²) in [5, 5.41) is 0.837. The molecule has 0 amide bonds. The van der Waals surface area contributed by atoms with Crippen LogP contribution in [0.3, 0.4) is 0 Å². The van der Waals surface area contributed by atoms with Gasteiger partial charge in [-0.05, 0) is 30.5 Å². The van der Waals surface area contributed by atoms with Crippen LogP contribution < -0.4 is 4.72 Å². The van der Waals surface area contributed by atoms with E-state index in [4.69, 9.17) is 0 Å². The lowest BCUT2D eigenvalue weighted by Gasteiger charge is -2.04. The summed E-state index contributed by atoms with van der Waals surface area (Å²) in [7, 11) is -3.52. The van der Waals surface area contributed by atoms with E-state index in [2.05, 4.69) is 28.8 Å². The smallest absolute Gasteiger partial charge is 0.250 e. The van der Waals surface area contributed by atoms with Crippen molar-refractivity contribution in [1.29, 1.82) is 0 Å². The summed E-state index contributed by atoms with van der Waals surface area (Å²) in [6.07, 6.45) is 3.57. The molecule has 0 unspecified atom stereocenters. The summed E-state index contributed by atoms with van der Waals surface area (Å²) in [5.74, 6) is 0.541. The largest absolute Gasteiger partial charge is 0.297 e. The maximum atomic E-state index is 12.7. The molecule has 2 aromatic heterocycles. The van der Waals surface area contributed by atoms with Crippen LogP contribution in [0.4, 0.5) is 0 Å². The van der Waals surface area contributed by atoms with Crippen LogP contribution >= 0.6 is 11.3 Å².